The summed E-state index contributed by atoms with van der Waals surface area (Å²) in [5.74, 6) is 0.866. The fourth-order valence-electron chi connectivity index (χ4n) is 2.23. The quantitative estimate of drug-likeness (QED) is 0.660. The molecule has 3 rings (SSSR count). The number of anilines is 1. The number of halogens is 1. The second-order valence-electron chi connectivity index (χ2n) is 5.31. The number of sulfonamides is 1. The molecular weight excluding hydrogens is 406 g/mol. The zero-order valence-corrected chi connectivity index (χ0v) is 15.8. The maximum absolute atomic E-state index is 12.4. The molecule has 0 aliphatic heterocycles. The Balaban J connectivity index is 1.72. The molecule has 1 aromatic heterocycles. The Morgan fingerprint density at radius 1 is 1.08 bits per heavy atom. The number of nitrogens with zero attached hydrogens (tertiary/aromatic N) is 2. The van der Waals surface area contributed by atoms with E-state index >= 15 is 0 Å². The van der Waals surface area contributed by atoms with Crippen LogP contribution in [0.5, 0.6) is 5.75 Å². The molecule has 0 spiro atoms. The van der Waals surface area contributed by atoms with E-state index in [-0.39, 0.29) is 10.7 Å². The monoisotopic (exact) mass is 421 g/mol. The fourth-order valence-corrected chi connectivity index (χ4v) is 3.49. The van der Waals surface area contributed by atoms with Gasteiger partial charge in [-0.2, -0.15) is 5.10 Å². The van der Waals surface area contributed by atoms with Crippen LogP contribution in [-0.2, 0) is 16.6 Å². The lowest BCUT2D eigenvalue weighted by Crippen LogP contribution is -2.13. The molecule has 130 valence electrons. The predicted molar refractivity (Wildman–Crippen MR) is 99.3 cm³/mol. The standard InChI is InChI=1S/C17H16BrN3O3S/c1-24-15-6-8-16(9-7-15)25(22,23)20-17-10-11-21(19-17)12-13-2-4-14(18)5-3-13/h2-11H,12H2,1H3,(H,19,20). The first-order valence-electron chi connectivity index (χ1n) is 7.41. The lowest BCUT2D eigenvalue weighted by atomic mass is 10.2. The summed E-state index contributed by atoms with van der Waals surface area (Å²) in [4.78, 5) is 0.149. The number of benzene rings is 2. The van der Waals surface area contributed by atoms with Crippen LogP contribution >= 0.6 is 15.9 Å². The first-order valence-corrected chi connectivity index (χ1v) is 9.69. The molecule has 0 atom stereocenters. The maximum Gasteiger partial charge on any atom is 0.263 e. The summed E-state index contributed by atoms with van der Waals surface area (Å²) in [5.41, 5.74) is 1.07. The van der Waals surface area contributed by atoms with Crippen molar-refractivity contribution in [3.8, 4) is 5.75 Å². The van der Waals surface area contributed by atoms with Crippen LogP contribution in [0.4, 0.5) is 5.82 Å². The number of aromatic nitrogens is 2. The number of nitrogens with one attached hydrogen (secondary N) is 1. The van der Waals surface area contributed by atoms with E-state index in [2.05, 4.69) is 25.8 Å². The molecular formula is C17H16BrN3O3S. The highest BCUT2D eigenvalue weighted by molar-refractivity contribution is 9.10. The molecule has 3 aromatic rings. The Bertz CT molecular complexity index is 952. The van der Waals surface area contributed by atoms with Crippen LogP contribution < -0.4 is 9.46 Å². The molecule has 25 heavy (non-hydrogen) atoms. The van der Waals surface area contributed by atoms with Crippen LogP contribution in [0.2, 0.25) is 0 Å². The molecule has 0 aliphatic carbocycles. The van der Waals surface area contributed by atoms with Gasteiger partial charge in [0.15, 0.2) is 5.82 Å². The van der Waals surface area contributed by atoms with E-state index in [4.69, 9.17) is 4.74 Å². The van der Waals surface area contributed by atoms with E-state index in [1.165, 1.54) is 19.2 Å². The molecule has 1 heterocycles. The molecule has 8 heteroatoms. The maximum atomic E-state index is 12.4. The van der Waals surface area contributed by atoms with Gasteiger partial charge in [0.2, 0.25) is 0 Å². The summed E-state index contributed by atoms with van der Waals surface area (Å²) < 4.78 is 35.0. The van der Waals surface area contributed by atoms with Crippen LogP contribution in [0.15, 0.2) is 70.2 Å². The number of hydrogen-bond acceptors (Lipinski definition) is 4. The topological polar surface area (TPSA) is 73.2 Å². The van der Waals surface area contributed by atoms with Crippen molar-refractivity contribution in [3.63, 3.8) is 0 Å². The van der Waals surface area contributed by atoms with Crippen LogP contribution in [-0.4, -0.2) is 25.3 Å². The SMILES string of the molecule is COc1ccc(S(=O)(=O)Nc2ccn(Cc3ccc(Br)cc3)n2)cc1. The van der Waals surface area contributed by atoms with Gasteiger partial charge in [0, 0.05) is 16.7 Å². The van der Waals surface area contributed by atoms with Crippen LogP contribution in [0.25, 0.3) is 0 Å². The first kappa shape index (κ1) is 17.5. The average molecular weight is 422 g/mol. The van der Waals surface area contributed by atoms with Crippen molar-refractivity contribution in [1.82, 2.24) is 9.78 Å². The van der Waals surface area contributed by atoms with Crippen LogP contribution in [0.3, 0.4) is 0 Å². The zero-order chi connectivity index (χ0) is 17.9. The average Bonchev–Trinajstić information content (AvgIpc) is 3.03. The molecule has 6 nitrogen and oxygen atoms in total. The fraction of sp³-hybridized carbons (Fsp3) is 0.118. The Hall–Kier alpha value is -2.32. The normalized spacial score (nSPS) is 11.3. The van der Waals surface area contributed by atoms with Gasteiger partial charge in [-0.3, -0.25) is 9.40 Å². The molecule has 0 saturated heterocycles. The second-order valence-corrected chi connectivity index (χ2v) is 7.90. The summed E-state index contributed by atoms with van der Waals surface area (Å²) in [7, 11) is -2.16. The van der Waals surface area contributed by atoms with Crippen LogP contribution in [0, 0.1) is 0 Å². The van der Waals surface area contributed by atoms with E-state index in [0.29, 0.717) is 12.3 Å². The van der Waals surface area contributed by atoms with Gasteiger partial charge >= 0.3 is 0 Å². The number of methoxy groups -OCH3 is 1. The lowest BCUT2D eigenvalue weighted by molar-refractivity contribution is 0.414. The van der Waals surface area contributed by atoms with Gasteiger partial charge in [-0.25, -0.2) is 8.42 Å². The van der Waals surface area contributed by atoms with Crippen LogP contribution in [0.1, 0.15) is 5.56 Å². The van der Waals surface area contributed by atoms with Gasteiger partial charge in [-0.1, -0.05) is 28.1 Å². The molecule has 0 radical (unpaired) electrons. The van der Waals surface area contributed by atoms with E-state index in [9.17, 15) is 8.42 Å². The molecule has 0 bridgehead atoms. The zero-order valence-electron chi connectivity index (χ0n) is 13.4. The van der Waals surface area contributed by atoms with Crippen molar-refractivity contribution in [1.29, 1.82) is 0 Å². The Morgan fingerprint density at radius 3 is 2.40 bits per heavy atom. The minimum Gasteiger partial charge on any atom is -0.497 e. The van der Waals surface area contributed by atoms with Crippen molar-refractivity contribution < 1.29 is 13.2 Å². The molecule has 2 aromatic carbocycles. The van der Waals surface area contributed by atoms with Crippen molar-refractivity contribution in [3.05, 3.63) is 70.8 Å². The molecule has 0 unspecified atom stereocenters. The number of hydrogen-bond donors (Lipinski definition) is 1. The van der Waals surface area contributed by atoms with E-state index in [0.717, 1.165) is 10.0 Å². The minimum atomic E-state index is -3.69. The largest absolute Gasteiger partial charge is 0.497 e. The molecule has 1 N–H and O–H groups in total. The molecule has 0 amide bonds. The third-order valence-corrected chi connectivity index (χ3v) is 5.41. The van der Waals surface area contributed by atoms with Gasteiger partial charge in [0.25, 0.3) is 10.0 Å². The second kappa shape index (κ2) is 7.28. The van der Waals surface area contributed by atoms with Crippen molar-refractivity contribution in [2.75, 3.05) is 11.8 Å². The highest BCUT2D eigenvalue weighted by Gasteiger charge is 2.15. The van der Waals surface area contributed by atoms with Gasteiger partial charge in [-0.05, 0) is 42.0 Å². The summed E-state index contributed by atoms with van der Waals surface area (Å²) in [5, 5.41) is 4.26. The van der Waals surface area contributed by atoms with Crippen molar-refractivity contribution >= 4 is 31.8 Å². The van der Waals surface area contributed by atoms with Gasteiger partial charge in [0.1, 0.15) is 5.75 Å². The van der Waals surface area contributed by atoms with Crippen molar-refractivity contribution in [2.24, 2.45) is 0 Å². The van der Waals surface area contributed by atoms with E-state index < -0.39 is 10.0 Å². The summed E-state index contributed by atoms with van der Waals surface area (Å²) in [6.45, 7) is 0.553. The predicted octanol–water partition coefficient (Wildman–Crippen LogP) is 3.50. The smallest absolute Gasteiger partial charge is 0.263 e. The summed E-state index contributed by atoms with van der Waals surface area (Å²) in [6, 6.07) is 15.7. The summed E-state index contributed by atoms with van der Waals surface area (Å²) in [6.07, 6.45) is 1.73. The molecule has 0 fully saturated rings. The van der Waals surface area contributed by atoms with Gasteiger partial charge < -0.3 is 4.74 Å². The highest BCUT2D eigenvalue weighted by Crippen LogP contribution is 2.18. The molecule has 0 aliphatic rings. The van der Waals surface area contributed by atoms with Gasteiger partial charge in [0.05, 0.1) is 18.6 Å². The Morgan fingerprint density at radius 2 is 1.76 bits per heavy atom. The first-order chi connectivity index (χ1) is 12.0. The Kier molecular flexibility index (Phi) is 5.10. The summed E-state index contributed by atoms with van der Waals surface area (Å²) >= 11 is 3.39. The lowest BCUT2D eigenvalue weighted by Gasteiger charge is -2.06. The third kappa shape index (κ3) is 4.40. The minimum absolute atomic E-state index is 0.149. The van der Waals surface area contributed by atoms with Crippen molar-refractivity contribution in [2.45, 2.75) is 11.4 Å². The number of ether oxygens (including phenoxy) is 1. The Labute approximate surface area is 154 Å². The number of rotatable bonds is 6. The van der Waals surface area contributed by atoms with E-state index in [1.807, 2.05) is 24.3 Å². The molecule has 0 saturated carbocycles. The third-order valence-electron chi connectivity index (χ3n) is 3.51. The van der Waals surface area contributed by atoms with Gasteiger partial charge in [-0.15, -0.1) is 0 Å². The van der Waals surface area contributed by atoms with E-state index in [1.54, 1.807) is 29.1 Å². The highest BCUT2D eigenvalue weighted by atomic mass is 79.9.